The van der Waals surface area contributed by atoms with E-state index in [1.54, 1.807) is 7.11 Å². The van der Waals surface area contributed by atoms with E-state index in [0.717, 1.165) is 5.56 Å². The quantitative estimate of drug-likeness (QED) is 0.869. The van der Waals surface area contributed by atoms with Crippen molar-refractivity contribution in [2.24, 2.45) is 5.73 Å². The van der Waals surface area contributed by atoms with Crippen LogP contribution in [0.1, 0.15) is 18.9 Å². The Hall–Kier alpha value is -1.26. The van der Waals surface area contributed by atoms with Crippen molar-refractivity contribution in [3.05, 3.63) is 23.8 Å². The molecule has 0 saturated carbocycles. The second-order valence-electron chi connectivity index (χ2n) is 3.71. The van der Waals surface area contributed by atoms with Gasteiger partial charge in [0.05, 0.1) is 18.8 Å². The Bertz CT molecular complexity index is 383. The molecule has 0 aromatic heterocycles. The van der Waals surface area contributed by atoms with Crippen LogP contribution in [0.3, 0.4) is 0 Å². The summed E-state index contributed by atoms with van der Waals surface area (Å²) in [5.74, 6) is 0.452. The van der Waals surface area contributed by atoms with Gasteiger partial charge in [-0.2, -0.15) is 0 Å². The summed E-state index contributed by atoms with van der Waals surface area (Å²) < 4.78 is 5.16. The number of amides is 1. The first-order valence-corrected chi connectivity index (χ1v) is 5.29. The number of nitrogens with one attached hydrogen (secondary N) is 1. The van der Waals surface area contributed by atoms with Crippen LogP contribution in [0.5, 0.6) is 5.75 Å². The first kappa shape index (κ1) is 15.7. The van der Waals surface area contributed by atoms with Crippen molar-refractivity contribution < 1.29 is 9.53 Å². The van der Waals surface area contributed by atoms with Gasteiger partial charge in [0.2, 0.25) is 5.91 Å². The number of anilines is 1. The van der Waals surface area contributed by atoms with E-state index in [1.807, 2.05) is 32.0 Å². The molecular formula is C12H19ClN2O2. The Morgan fingerprint density at radius 1 is 1.53 bits per heavy atom. The van der Waals surface area contributed by atoms with E-state index in [-0.39, 0.29) is 18.3 Å². The zero-order valence-corrected chi connectivity index (χ0v) is 11.1. The van der Waals surface area contributed by atoms with E-state index in [9.17, 15) is 4.79 Å². The summed E-state index contributed by atoms with van der Waals surface area (Å²) in [4.78, 5) is 11.6. The molecule has 96 valence electrons. The molecule has 1 aromatic rings. The van der Waals surface area contributed by atoms with Gasteiger partial charge in [-0.25, -0.2) is 0 Å². The minimum atomic E-state index is -0.481. The maximum absolute atomic E-state index is 11.6. The SMILES string of the molecule is CC[C@H](N)C(=O)Nc1cc(C)ccc1OC.Cl. The van der Waals surface area contributed by atoms with Crippen LogP contribution in [0.2, 0.25) is 0 Å². The zero-order chi connectivity index (χ0) is 12.1. The van der Waals surface area contributed by atoms with E-state index in [0.29, 0.717) is 17.9 Å². The second-order valence-corrected chi connectivity index (χ2v) is 3.71. The van der Waals surface area contributed by atoms with Crippen LogP contribution in [-0.2, 0) is 4.79 Å². The van der Waals surface area contributed by atoms with Gasteiger partial charge in [-0.3, -0.25) is 4.79 Å². The lowest BCUT2D eigenvalue weighted by Crippen LogP contribution is -2.34. The Labute approximate surface area is 108 Å². The lowest BCUT2D eigenvalue weighted by Gasteiger charge is -2.13. The van der Waals surface area contributed by atoms with Crippen molar-refractivity contribution in [2.45, 2.75) is 26.3 Å². The molecule has 0 radical (unpaired) electrons. The van der Waals surface area contributed by atoms with E-state index in [4.69, 9.17) is 10.5 Å². The predicted molar refractivity (Wildman–Crippen MR) is 71.9 cm³/mol. The molecule has 3 N–H and O–H groups in total. The Morgan fingerprint density at radius 3 is 2.71 bits per heavy atom. The number of hydrogen-bond donors (Lipinski definition) is 2. The zero-order valence-electron chi connectivity index (χ0n) is 10.3. The van der Waals surface area contributed by atoms with Crippen molar-refractivity contribution in [1.29, 1.82) is 0 Å². The maximum Gasteiger partial charge on any atom is 0.241 e. The number of halogens is 1. The highest BCUT2D eigenvalue weighted by Gasteiger charge is 2.13. The highest BCUT2D eigenvalue weighted by molar-refractivity contribution is 5.96. The van der Waals surface area contributed by atoms with Crippen molar-refractivity contribution in [3.63, 3.8) is 0 Å². The molecule has 1 rings (SSSR count). The molecule has 4 nitrogen and oxygen atoms in total. The summed E-state index contributed by atoms with van der Waals surface area (Å²) in [5, 5.41) is 2.76. The fraction of sp³-hybridized carbons (Fsp3) is 0.417. The van der Waals surface area contributed by atoms with Crippen LogP contribution in [0, 0.1) is 6.92 Å². The third-order valence-electron chi connectivity index (χ3n) is 2.39. The maximum atomic E-state index is 11.6. The molecule has 1 aromatic carbocycles. The van der Waals surface area contributed by atoms with Gasteiger partial charge in [-0.1, -0.05) is 13.0 Å². The van der Waals surface area contributed by atoms with Crippen LogP contribution < -0.4 is 15.8 Å². The van der Waals surface area contributed by atoms with E-state index >= 15 is 0 Å². The molecule has 0 aliphatic carbocycles. The summed E-state index contributed by atoms with van der Waals surface area (Å²) in [6.07, 6.45) is 0.611. The molecule has 0 heterocycles. The van der Waals surface area contributed by atoms with Crippen LogP contribution in [0.4, 0.5) is 5.69 Å². The largest absolute Gasteiger partial charge is 0.495 e. The number of rotatable bonds is 4. The topological polar surface area (TPSA) is 64.4 Å². The van der Waals surface area contributed by atoms with Crippen molar-refractivity contribution in [3.8, 4) is 5.75 Å². The molecule has 1 atom stereocenters. The Balaban J connectivity index is 0.00000256. The van der Waals surface area contributed by atoms with Crippen LogP contribution in [0.15, 0.2) is 18.2 Å². The summed E-state index contributed by atoms with van der Waals surface area (Å²) in [6, 6.07) is 5.13. The highest BCUT2D eigenvalue weighted by Crippen LogP contribution is 2.25. The first-order valence-electron chi connectivity index (χ1n) is 5.29. The van der Waals surface area contributed by atoms with Gasteiger partial charge in [0.15, 0.2) is 0 Å². The van der Waals surface area contributed by atoms with Crippen molar-refractivity contribution in [2.75, 3.05) is 12.4 Å². The summed E-state index contributed by atoms with van der Waals surface area (Å²) in [6.45, 7) is 3.83. The van der Waals surface area contributed by atoms with Gasteiger partial charge in [-0.15, -0.1) is 12.4 Å². The third kappa shape index (κ3) is 4.24. The summed E-state index contributed by atoms with van der Waals surface area (Å²) >= 11 is 0. The van der Waals surface area contributed by atoms with Gasteiger partial charge >= 0.3 is 0 Å². The summed E-state index contributed by atoms with van der Waals surface area (Å²) in [5.41, 5.74) is 7.36. The van der Waals surface area contributed by atoms with Crippen molar-refractivity contribution in [1.82, 2.24) is 0 Å². The van der Waals surface area contributed by atoms with Gasteiger partial charge in [0.1, 0.15) is 5.75 Å². The minimum Gasteiger partial charge on any atom is -0.495 e. The van der Waals surface area contributed by atoms with Gasteiger partial charge in [0.25, 0.3) is 0 Å². The second kappa shape index (κ2) is 7.14. The number of methoxy groups -OCH3 is 1. The molecule has 17 heavy (non-hydrogen) atoms. The average molecular weight is 259 g/mol. The fourth-order valence-electron chi connectivity index (χ4n) is 1.33. The average Bonchev–Trinajstić information content (AvgIpc) is 2.28. The van der Waals surface area contributed by atoms with Crippen LogP contribution in [-0.4, -0.2) is 19.1 Å². The number of carbonyl (C=O) groups is 1. The predicted octanol–water partition coefficient (Wildman–Crippen LogP) is 2.10. The third-order valence-corrected chi connectivity index (χ3v) is 2.39. The Kier molecular flexibility index (Phi) is 6.61. The standard InChI is InChI=1S/C12H18N2O2.ClH/c1-4-9(13)12(15)14-10-7-8(2)5-6-11(10)16-3;/h5-7,9H,4,13H2,1-3H3,(H,14,15);1H/t9-;/m0./s1. The number of carbonyl (C=O) groups excluding carboxylic acids is 1. The molecule has 1 amide bonds. The van der Waals surface area contributed by atoms with Crippen LogP contribution in [0.25, 0.3) is 0 Å². The number of nitrogens with two attached hydrogens (primary N) is 1. The monoisotopic (exact) mass is 258 g/mol. The number of ether oxygens (including phenoxy) is 1. The fourth-order valence-corrected chi connectivity index (χ4v) is 1.33. The molecule has 0 aliphatic heterocycles. The van der Waals surface area contributed by atoms with Gasteiger partial charge in [-0.05, 0) is 31.0 Å². The Morgan fingerprint density at radius 2 is 2.18 bits per heavy atom. The summed E-state index contributed by atoms with van der Waals surface area (Å²) in [7, 11) is 1.57. The number of aryl methyl sites for hydroxylation is 1. The molecule has 0 unspecified atom stereocenters. The molecule has 0 bridgehead atoms. The number of benzene rings is 1. The first-order chi connectivity index (χ1) is 7.58. The van der Waals surface area contributed by atoms with E-state index in [2.05, 4.69) is 5.32 Å². The lowest BCUT2D eigenvalue weighted by molar-refractivity contribution is -0.117. The molecule has 0 aliphatic rings. The normalized spacial score (nSPS) is 11.3. The van der Waals surface area contributed by atoms with Gasteiger partial charge in [0, 0.05) is 0 Å². The van der Waals surface area contributed by atoms with Gasteiger partial charge < -0.3 is 15.8 Å². The van der Waals surface area contributed by atoms with E-state index in [1.165, 1.54) is 0 Å². The molecular weight excluding hydrogens is 240 g/mol. The minimum absolute atomic E-state index is 0. The smallest absolute Gasteiger partial charge is 0.241 e. The number of hydrogen-bond acceptors (Lipinski definition) is 3. The lowest BCUT2D eigenvalue weighted by atomic mass is 10.2. The van der Waals surface area contributed by atoms with E-state index < -0.39 is 6.04 Å². The molecule has 0 fully saturated rings. The highest BCUT2D eigenvalue weighted by atomic mass is 35.5. The van der Waals surface area contributed by atoms with Crippen LogP contribution >= 0.6 is 12.4 Å². The molecule has 0 saturated heterocycles. The molecule has 5 heteroatoms. The molecule has 0 spiro atoms. The van der Waals surface area contributed by atoms with Crippen molar-refractivity contribution >= 4 is 24.0 Å².